The SMILES string of the molecule is CN=C(NCCCOC)NCC(=O)N1CCc2sccc2C1. The molecule has 1 aromatic rings. The number of nitrogens with zero attached hydrogens (tertiary/aromatic N) is 2. The molecule has 2 heterocycles. The van der Waals surface area contributed by atoms with Crippen LogP contribution in [0.3, 0.4) is 0 Å². The van der Waals surface area contributed by atoms with Crippen LogP contribution in [0.25, 0.3) is 0 Å². The summed E-state index contributed by atoms with van der Waals surface area (Å²) in [6, 6.07) is 2.11. The summed E-state index contributed by atoms with van der Waals surface area (Å²) in [6.45, 7) is 3.26. The van der Waals surface area contributed by atoms with Crippen LogP contribution in [0.5, 0.6) is 0 Å². The summed E-state index contributed by atoms with van der Waals surface area (Å²) in [5.74, 6) is 0.759. The molecule has 1 aromatic heterocycles. The van der Waals surface area contributed by atoms with Crippen LogP contribution in [0.4, 0.5) is 0 Å². The summed E-state index contributed by atoms with van der Waals surface area (Å²) < 4.78 is 5.00. The Morgan fingerprint density at radius 3 is 3.14 bits per heavy atom. The van der Waals surface area contributed by atoms with Gasteiger partial charge in [0.1, 0.15) is 0 Å². The molecule has 1 amide bonds. The molecule has 22 heavy (non-hydrogen) atoms. The van der Waals surface area contributed by atoms with Crippen LogP contribution in [0.15, 0.2) is 16.4 Å². The molecule has 0 radical (unpaired) electrons. The fourth-order valence-electron chi connectivity index (χ4n) is 2.38. The van der Waals surface area contributed by atoms with Crippen LogP contribution < -0.4 is 10.6 Å². The molecule has 2 rings (SSSR count). The van der Waals surface area contributed by atoms with Crippen molar-refractivity contribution in [2.24, 2.45) is 4.99 Å². The van der Waals surface area contributed by atoms with Crippen molar-refractivity contribution in [1.29, 1.82) is 0 Å². The molecule has 0 fully saturated rings. The average Bonchev–Trinajstić information content (AvgIpc) is 3.01. The summed E-state index contributed by atoms with van der Waals surface area (Å²) in [5, 5.41) is 8.33. The Labute approximate surface area is 135 Å². The molecule has 2 N–H and O–H groups in total. The maximum absolute atomic E-state index is 12.3. The van der Waals surface area contributed by atoms with Crippen molar-refractivity contribution >= 4 is 23.2 Å². The van der Waals surface area contributed by atoms with E-state index in [2.05, 4.69) is 27.1 Å². The molecule has 0 unspecified atom stereocenters. The van der Waals surface area contributed by atoms with Gasteiger partial charge in [0, 0.05) is 45.3 Å². The molecule has 122 valence electrons. The van der Waals surface area contributed by atoms with Gasteiger partial charge in [0.2, 0.25) is 5.91 Å². The van der Waals surface area contributed by atoms with E-state index in [9.17, 15) is 4.79 Å². The van der Waals surface area contributed by atoms with Crippen LogP contribution in [-0.4, -0.2) is 57.2 Å². The van der Waals surface area contributed by atoms with Crippen LogP contribution in [0.2, 0.25) is 0 Å². The number of carbonyl (C=O) groups excluding carboxylic acids is 1. The van der Waals surface area contributed by atoms with E-state index in [0.29, 0.717) is 12.6 Å². The topological polar surface area (TPSA) is 66.0 Å². The van der Waals surface area contributed by atoms with E-state index in [1.807, 2.05) is 4.90 Å². The summed E-state index contributed by atoms with van der Waals surface area (Å²) in [6.07, 6.45) is 1.86. The minimum absolute atomic E-state index is 0.108. The number of ether oxygens (including phenoxy) is 1. The number of hydrogen-bond donors (Lipinski definition) is 2. The molecule has 0 saturated carbocycles. The standard InChI is InChI=1S/C15H24N4O2S/c1-16-15(17-6-3-8-21-2)18-10-14(20)19-7-4-13-12(11-19)5-9-22-13/h5,9H,3-4,6-8,10-11H2,1-2H3,(H2,16,17,18). The number of nitrogens with one attached hydrogen (secondary N) is 2. The Morgan fingerprint density at radius 2 is 2.36 bits per heavy atom. The average molecular weight is 324 g/mol. The Hall–Kier alpha value is -1.60. The zero-order chi connectivity index (χ0) is 15.8. The van der Waals surface area contributed by atoms with Gasteiger partial charge in [0.05, 0.1) is 6.54 Å². The highest BCUT2D eigenvalue weighted by Crippen LogP contribution is 2.23. The van der Waals surface area contributed by atoms with Crippen molar-refractivity contribution in [3.63, 3.8) is 0 Å². The maximum Gasteiger partial charge on any atom is 0.242 e. The molecule has 6 nitrogen and oxygen atoms in total. The van der Waals surface area contributed by atoms with Crippen molar-refractivity contribution in [2.45, 2.75) is 19.4 Å². The third-order valence-corrected chi connectivity index (χ3v) is 4.63. The highest BCUT2D eigenvalue weighted by atomic mass is 32.1. The number of thiophene rings is 1. The van der Waals surface area contributed by atoms with E-state index in [-0.39, 0.29) is 12.5 Å². The summed E-state index contributed by atoms with van der Waals surface area (Å²) in [4.78, 5) is 19.7. The molecule has 0 atom stereocenters. The third kappa shape index (κ3) is 4.71. The summed E-state index contributed by atoms with van der Waals surface area (Å²) >= 11 is 1.78. The quantitative estimate of drug-likeness (QED) is 0.462. The zero-order valence-corrected chi connectivity index (χ0v) is 14.0. The van der Waals surface area contributed by atoms with Crippen LogP contribution in [-0.2, 0) is 22.5 Å². The first-order valence-electron chi connectivity index (χ1n) is 7.51. The number of carbonyl (C=O) groups is 1. The van der Waals surface area contributed by atoms with E-state index in [0.717, 1.165) is 32.5 Å². The van der Waals surface area contributed by atoms with E-state index >= 15 is 0 Å². The van der Waals surface area contributed by atoms with Gasteiger partial charge in [-0.05, 0) is 29.9 Å². The van der Waals surface area contributed by atoms with Gasteiger partial charge in [-0.2, -0.15) is 0 Å². The predicted molar refractivity (Wildman–Crippen MR) is 89.3 cm³/mol. The lowest BCUT2D eigenvalue weighted by Gasteiger charge is -2.27. The smallest absolute Gasteiger partial charge is 0.242 e. The Balaban J connectivity index is 1.73. The second-order valence-corrected chi connectivity index (χ2v) is 6.13. The van der Waals surface area contributed by atoms with Crippen LogP contribution >= 0.6 is 11.3 Å². The van der Waals surface area contributed by atoms with E-state index < -0.39 is 0 Å². The van der Waals surface area contributed by atoms with Gasteiger partial charge in [-0.25, -0.2) is 0 Å². The molecular weight excluding hydrogens is 300 g/mol. The van der Waals surface area contributed by atoms with Crippen LogP contribution in [0.1, 0.15) is 16.9 Å². The summed E-state index contributed by atoms with van der Waals surface area (Å²) in [7, 11) is 3.39. The minimum atomic E-state index is 0.108. The number of fused-ring (bicyclic) bond motifs is 1. The van der Waals surface area contributed by atoms with Gasteiger partial charge in [0.25, 0.3) is 0 Å². The maximum atomic E-state index is 12.3. The number of rotatable bonds is 6. The van der Waals surface area contributed by atoms with E-state index in [1.54, 1.807) is 25.5 Å². The predicted octanol–water partition coefficient (Wildman–Crippen LogP) is 0.834. The normalized spacial score (nSPS) is 14.6. The largest absolute Gasteiger partial charge is 0.385 e. The van der Waals surface area contributed by atoms with Gasteiger partial charge < -0.3 is 20.3 Å². The molecule has 0 aliphatic carbocycles. The van der Waals surface area contributed by atoms with E-state index in [1.165, 1.54) is 10.4 Å². The molecule has 0 spiro atoms. The van der Waals surface area contributed by atoms with Crippen molar-refractivity contribution in [1.82, 2.24) is 15.5 Å². The first-order valence-corrected chi connectivity index (χ1v) is 8.39. The number of hydrogen-bond acceptors (Lipinski definition) is 4. The van der Waals surface area contributed by atoms with Gasteiger partial charge in [-0.3, -0.25) is 9.79 Å². The lowest BCUT2D eigenvalue weighted by atomic mass is 10.1. The fraction of sp³-hybridized carbons (Fsp3) is 0.600. The molecule has 0 bridgehead atoms. The molecular formula is C15H24N4O2S. The Morgan fingerprint density at radius 1 is 1.50 bits per heavy atom. The number of methoxy groups -OCH3 is 1. The van der Waals surface area contributed by atoms with Gasteiger partial charge >= 0.3 is 0 Å². The number of guanidine groups is 1. The minimum Gasteiger partial charge on any atom is -0.385 e. The Bertz CT molecular complexity index is 515. The second-order valence-electron chi connectivity index (χ2n) is 5.13. The van der Waals surface area contributed by atoms with Gasteiger partial charge in [-0.15, -0.1) is 11.3 Å². The van der Waals surface area contributed by atoms with Gasteiger partial charge in [0.15, 0.2) is 5.96 Å². The van der Waals surface area contributed by atoms with Crippen molar-refractivity contribution in [2.75, 3.05) is 40.4 Å². The zero-order valence-electron chi connectivity index (χ0n) is 13.2. The number of aliphatic imine (C=N–C) groups is 1. The van der Waals surface area contributed by atoms with E-state index in [4.69, 9.17) is 4.74 Å². The first-order chi connectivity index (χ1) is 10.7. The molecule has 1 aliphatic heterocycles. The van der Waals surface area contributed by atoms with Crippen LogP contribution in [0, 0.1) is 0 Å². The third-order valence-electron chi connectivity index (χ3n) is 3.61. The monoisotopic (exact) mass is 324 g/mol. The Kier molecular flexibility index (Phi) is 6.67. The molecule has 7 heteroatoms. The highest BCUT2D eigenvalue weighted by molar-refractivity contribution is 7.10. The first kappa shape index (κ1) is 16.8. The van der Waals surface area contributed by atoms with Crippen molar-refractivity contribution in [3.05, 3.63) is 21.9 Å². The lowest BCUT2D eigenvalue weighted by molar-refractivity contribution is -0.130. The highest BCUT2D eigenvalue weighted by Gasteiger charge is 2.21. The second kappa shape index (κ2) is 8.75. The lowest BCUT2D eigenvalue weighted by Crippen LogP contribution is -2.46. The molecule has 0 aromatic carbocycles. The molecule has 0 saturated heterocycles. The van der Waals surface area contributed by atoms with Crippen molar-refractivity contribution < 1.29 is 9.53 Å². The van der Waals surface area contributed by atoms with Crippen molar-refractivity contribution in [3.8, 4) is 0 Å². The van der Waals surface area contributed by atoms with Gasteiger partial charge in [-0.1, -0.05) is 0 Å². The molecule has 1 aliphatic rings. The summed E-state index contributed by atoms with van der Waals surface area (Å²) in [5.41, 5.74) is 1.28. The number of amides is 1. The fourth-order valence-corrected chi connectivity index (χ4v) is 3.27.